The molecule has 0 bridgehead atoms. The van der Waals surface area contributed by atoms with Gasteiger partial charge < -0.3 is 10.6 Å². The summed E-state index contributed by atoms with van der Waals surface area (Å²) in [7, 11) is 0. The first-order valence-corrected chi connectivity index (χ1v) is 9.03. The molecule has 1 aliphatic heterocycles. The van der Waals surface area contributed by atoms with E-state index in [9.17, 15) is 9.18 Å². The molecule has 4 rings (SSSR count). The molecule has 1 amide bonds. The molecule has 8 heteroatoms. The molecule has 140 valence electrons. The van der Waals surface area contributed by atoms with Gasteiger partial charge >= 0.3 is 0 Å². The molecule has 1 aliphatic rings. The van der Waals surface area contributed by atoms with Crippen molar-refractivity contribution in [2.45, 2.75) is 6.42 Å². The number of aromatic nitrogens is 3. The summed E-state index contributed by atoms with van der Waals surface area (Å²) in [6.07, 6.45) is 2.55. The minimum absolute atomic E-state index is 0.0797. The second-order valence-electron chi connectivity index (χ2n) is 6.51. The van der Waals surface area contributed by atoms with E-state index >= 15 is 0 Å². The van der Waals surface area contributed by atoms with Crippen LogP contribution in [-0.4, -0.2) is 58.1 Å². The van der Waals surface area contributed by atoms with Gasteiger partial charge in [0, 0.05) is 43.9 Å². The molecule has 0 radical (unpaired) electrons. The second kappa shape index (κ2) is 7.71. The van der Waals surface area contributed by atoms with Gasteiger partial charge in [0.2, 0.25) is 5.91 Å². The molecule has 0 spiro atoms. The Morgan fingerprint density at radius 1 is 1.26 bits per heavy atom. The van der Waals surface area contributed by atoms with E-state index in [-0.39, 0.29) is 11.7 Å². The summed E-state index contributed by atoms with van der Waals surface area (Å²) in [4.78, 5) is 18.1. The van der Waals surface area contributed by atoms with Gasteiger partial charge in [-0.15, -0.1) is 0 Å². The summed E-state index contributed by atoms with van der Waals surface area (Å²) in [6.45, 7) is 3.59. The topological polar surface area (TPSA) is 74.6 Å². The van der Waals surface area contributed by atoms with Crippen molar-refractivity contribution in [3.63, 3.8) is 0 Å². The van der Waals surface area contributed by atoms with Crippen LogP contribution in [0.1, 0.15) is 6.42 Å². The van der Waals surface area contributed by atoms with Crippen LogP contribution in [-0.2, 0) is 4.79 Å². The third kappa shape index (κ3) is 3.90. The summed E-state index contributed by atoms with van der Waals surface area (Å²) in [5, 5.41) is 10.5. The van der Waals surface area contributed by atoms with Crippen LogP contribution in [0, 0.1) is 5.82 Å². The first-order valence-electron chi connectivity index (χ1n) is 9.03. The molecule has 0 saturated carbocycles. The fourth-order valence-electron chi connectivity index (χ4n) is 3.25. The Morgan fingerprint density at radius 3 is 3.00 bits per heavy atom. The highest BCUT2D eigenvalue weighted by molar-refractivity contribution is 5.78. The predicted molar refractivity (Wildman–Crippen MR) is 101 cm³/mol. The normalized spacial score (nSPS) is 15.1. The number of benzene rings is 1. The van der Waals surface area contributed by atoms with E-state index in [4.69, 9.17) is 0 Å². The average molecular weight is 368 g/mol. The van der Waals surface area contributed by atoms with Crippen LogP contribution in [0.25, 0.3) is 16.9 Å². The van der Waals surface area contributed by atoms with Crippen molar-refractivity contribution in [3.05, 3.63) is 48.4 Å². The number of hydrogen-bond donors (Lipinski definition) is 2. The molecular formula is C19H21FN6O. The van der Waals surface area contributed by atoms with Gasteiger partial charge in [-0.25, -0.2) is 9.37 Å². The Labute approximate surface area is 156 Å². The van der Waals surface area contributed by atoms with Crippen molar-refractivity contribution in [3.8, 4) is 11.3 Å². The van der Waals surface area contributed by atoms with E-state index in [1.807, 2.05) is 6.07 Å². The summed E-state index contributed by atoms with van der Waals surface area (Å²) >= 11 is 0. The van der Waals surface area contributed by atoms with Gasteiger partial charge in [0.15, 0.2) is 5.65 Å². The zero-order valence-corrected chi connectivity index (χ0v) is 14.9. The molecule has 3 aromatic rings. The van der Waals surface area contributed by atoms with Gasteiger partial charge in [0.25, 0.3) is 0 Å². The summed E-state index contributed by atoms with van der Waals surface area (Å²) in [5.74, 6) is 0.541. The maximum absolute atomic E-state index is 14.2. The standard InChI is InChI=1S/C19H21FN6O/c20-15-5-2-1-4-14(15)16-12-18(26-17(24-16)6-8-23-26)21-7-3-10-25-11-9-22-19(27)13-25/h1-2,4-6,8,12,21H,3,7,9-11,13H2,(H,22,27). The number of rotatable bonds is 6. The molecule has 1 aromatic carbocycles. The van der Waals surface area contributed by atoms with Gasteiger partial charge in [-0.1, -0.05) is 12.1 Å². The highest BCUT2D eigenvalue weighted by Crippen LogP contribution is 2.24. The molecule has 0 unspecified atom stereocenters. The van der Waals surface area contributed by atoms with Crippen LogP contribution in [0.2, 0.25) is 0 Å². The van der Waals surface area contributed by atoms with Gasteiger partial charge in [-0.05, 0) is 18.6 Å². The molecule has 2 aromatic heterocycles. The lowest BCUT2D eigenvalue weighted by molar-refractivity contribution is -0.124. The zero-order valence-electron chi connectivity index (χ0n) is 14.9. The summed E-state index contributed by atoms with van der Waals surface area (Å²) < 4.78 is 15.9. The van der Waals surface area contributed by atoms with Crippen molar-refractivity contribution < 1.29 is 9.18 Å². The number of carbonyl (C=O) groups is 1. The van der Waals surface area contributed by atoms with Crippen molar-refractivity contribution in [1.29, 1.82) is 0 Å². The van der Waals surface area contributed by atoms with Crippen LogP contribution in [0.15, 0.2) is 42.6 Å². The molecular weight excluding hydrogens is 347 g/mol. The predicted octanol–water partition coefficient (Wildman–Crippen LogP) is 1.77. The Hall–Kier alpha value is -3.00. The first-order chi connectivity index (χ1) is 13.2. The lowest BCUT2D eigenvalue weighted by atomic mass is 10.1. The van der Waals surface area contributed by atoms with Crippen LogP contribution in [0.3, 0.4) is 0 Å². The molecule has 0 aliphatic carbocycles. The Kier molecular flexibility index (Phi) is 4.97. The number of nitrogens with one attached hydrogen (secondary N) is 2. The third-order valence-corrected chi connectivity index (χ3v) is 4.58. The largest absolute Gasteiger partial charge is 0.370 e. The van der Waals surface area contributed by atoms with Gasteiger partial charge in [-0.2, -0.15) is 9.61 Å². The Balaban J connectivity index is 1.47. The number of hydrogen-bond acceptors (Lipinski definition) is 5. The number of amides is 1. The second-order valence-corrected chi connectivity index (χ2v) is 6.51. The van der Waals surface area contributed by atoms with E-state index in [0.717, 1.165) is 25.3 Å². The molecule has 27 heavy (non-hydrogen) atoms. The SMILES string of the molecule is O=C1CN(CCCNc2cc(-c3ccccc3F)nc3ccnn23)CCN1. The minimum Gasteiger partial charge on any atom is -0.370 e. The molecule has 7 nitrogen and oxygen atoms in total. The number of nitrogens with zero attached hydrogens (tertiary/aromatic N) is 4. The first kappa shape index (κ1) is 17.4. The fraction of sp³-hybridized carbons (Fsp3) is 0.316. The maximum atomic E-state index is 14.2. The third-order valence-electron chi connectivity index (χ3n) is 4.58. The van der Waals surface area contributed by atoms with E-state index < -0.39 is 0 Å². The lowest BCUT2D eigenvalue weighted by Gasteiger charge is -2.26. The lowest BCUT2D eigenvalue weighted by Crippen LogP contribution is -2.47. The number of anilines is 1. The molecule has 2 N–H and O–H groups in total. The summed E-state index contributed by atoms with van der Waals surface area (Å²) in [6, 6.07) is 10.2. The quantitative estimate of drug-likeness (QED) is 0.649. The number of piperazine rings is 1. The van der Waals surface area contributed by atoms with Crippen LogP contribution < -0.4 is 10.6 Å². The fourth-order valence-corrected chi connectivity index (χ4v) is 3.25. The number of halogens is 1. The molecule has 0 atom stereocenters. The highest BCUT2D eigenvalue weighted by atomic mass is 19.1. The number of carbonyl (C=O) groups excluding carboxylic acids is 1. The molecule has 1 fully saturated rings. The van der Waals surface area contributed by atoms with Crippen molar-refractivity contribution in [2.24, 2.45) is 0 Å². The Bertz CT molecular complexity index is 956. The van der Waals surface area contributed by atoms with E-state index in [0.29, 0.717) is 36.5 Å². The Morgan fingerprint density at radius 2 is 2.15 bits per heavy atom. The molecule has 3 heterocycles. The molecule has 1 saturated heterocycles. The zero-order chi connectivity index (χ0) is 18.6. The monoisotopic (exact) mass is 368 g/mol. The van der Waals surface area contributed by atoms with E-state index in [1.54, 1.807) is 35.0 Å². The van der Waals surface area contributed by atoms with Crippen LogP contribution in [0.5, 0.6) is 0 Å². The van der Waals surface area contributed by atoms with Crippen molar-refractivity contribution in [2.75, 3.05) is 38.0 Å². The van der Waals surface area contributed by atoms with Gasteiger partial charge in [0.05, 0.1) is 18.4 Å². The van der Waals surface area contributed by atoms with Crippen molar-refractivity contribution in [1.82, 2.24) is 24.8 Å². The van der Waals surface area contributed by atoms with E-state index in [2.05, 4.69) is 25.6 Å². The van der Waals surface area contributed by atoms with Crippen LogP contribution in [0.4, 0.5) is 10.2 Å². The average Bonchev–Trinajstić information content (AvgIpc) is 3.14. The van der Waals surface area contributed by atoms with Gasteiger partial charge in [0.1, 0.15) is 11.6 Å². The number of fused-ring (bicyclic) bond motifs is 1. The van der Waals surface area contributed by atoms with Crippen LogP contribution >= 0.6 is 0 Å². The van der Waals surface area contributed by atoms with Crippen molar-refractivity contribution >= 4 is 17.4 Å². The maximum Gasteiger partial charge on any atom is 0.234 e. The highest BCUT2D eigenvalue weighted by Gasteiger charge is 2.15. The van der Waals surface area contributed by atoms with E-state index in [1.165, 1.54) is 6.07 Å². The van der Waals surface area contributed by atoms with Gasteiger partial charge in [-0.3, -0.25) is 9.69 Å². The summed E-state index contributed by atoms with van der Waals surface area (Å²) in [5.41, 5.74) is 1.69. The minimum atomic E-state index is -0.303. The smallest absolute Gasteiger partial charge is 0.234 e.